The van der Waals surface area contributed by atoms with Crippen LogP contribution in [-0.2, 0) is 4.74 Å². The molecule has 1 saturated carbocycles. The number of aryl methyl sites for hydroxylation is 1. The summed E-state index contributed by atoms with van der Waals surface area (Å²) in [7, 11) is 2.03. The highest BCUT2D eigenvalue weighted by atomic mass is 32.1. The molecule has 16 heavy (non-hydrogen) atoms. The van der Waals surface area contributed by atoms with Gasteiger partial charge >= 0.3 is 0 Å². The highest BCUT2D eigenvalue weighted by Crippen LogP contribution is 2.40. The monoisotopic (exact) mass is 239 g/mol. The fraction of sp³-hybridized carbons (Fsp3) is 0.692. The van der Waals surface area contributed by atoms with E-state index in [1.807, 2.05) is 18.4 Å². The summed E-state index contributed by atoms with van der Waals surface area (Å²) in [6.45, 7) is 5.05. The molecule has 2 nitrogen and oxygen atoms in total. The molecule has 90 valence electrons. The van der Waals surface area contributed by atoms with Crippen molar-refractivity contribution in [3.05, 3.63) is 21.9 Å². The maximum absolute atomic E-state index is 5.92. The van der Waals surface area contributed by atoms with E-state index in [0.29, 0.717) is 12.1 Å². The zero-order valence-electron chi connectivity index (χ0n) is 10.3. The van der Waals surface area contributed by atoms with Crippen molar-refractivity contribution in [2.45, 2.75) is 38.8 Å². The Morgan fingerprint density at radius 2 is 2.31 bits per heavy atom. The van der Waals surface area contributed by atoms with E-state index < -0.39 is 0 Å². The predicted octanol–water partition coefficient (Wildman–Crippen LogP) is 3.13. The van der Waals surface area contributed by atoms with E-state index in [4.69, 9.17) is 4.74 Å². The van der Waals surface area contributed by atoms with Crippen molar-refractivity contribution in [1.82, 2.24) is 5.32 Å². The topological polar surface area (TPSA) is 21.3 Å². The van der Waals surface area contributed by atoms with E-state index in [9.17, 15) is 0 Å². The fourth-order valence-corrected chi connectivity index (χ4v) is 3.01. The highest BCUT2D eigenvalue weighted by molar-refractivity contribution is 7.10. The Labute approximate surface area is 102 Å². The van der Waals surface area contributed by atoms with Gasteiger partial charge in [0.05, 0.1) is 12.1 Å². The molecule has 1 fully saturated rings. The van der Waals surface area contributed by atoms with Gasteiger partial charge in [-0.2, -0.15) is 0 Å². The van der Waals surface area contributed by atoms with Crippen LogP contribution in [0.5, 0.6) is 0 Å². The summed E-state index contributed by atoms with van der Waals surface area (Å²) in [4.78, 5) is 1.38. The van der Waals surface area contributed by atoms with E-state index in [0.717, 1.165) is 12.5 Å². The van der Waals surface area contributed by atoms with Gasteiger partial charge in [0.15, 0.2) is 0 Å². The molecule has 0 amide bonds. The number of likely N-dealkylation sites (N-methyl/N-ethyl adjacent to an activating group) is 1. The van der Waals surface area contributed by atoms with Crippen molar-refractivity contribution < 1.29 is 4.74 Å². The fourth-order valence-electron chi connectivity index (χ4n) is 2.27. The molecular weight excluding hydrogens is 218 g/mol. The molecule has 0 aliphatic heterocycles. The van der Waals surface area contributed by atoms with Crippen LogP contribution in [0.2, 0.25) is 0 Å². The highest BCUT2D eigenvalue weighted by Gasteiger charge is 2.37. The van der Waals surface area contributed by atoms with Crippen LogP contribution in [-0.4, -0.2) is 19.8 Å². The SMILES string of the molecule is CCOC(C1CC1)C(NC)c1csc(C)c1. The molecule has 0 spiro atoms. The predicted molar refractivity (Wildman–Crippen MR) is 69.0 cm³/mol. The van der Waals surface area contributed by atoms with E-state index in [2.05, 4.69) is 30.6 Å². The summed E-state index contributed by atoms with van der Waals surface area (Å²) in [5.74, 6) is 0.762. The van der Waals surface area contributed by atoms with Crippen LogP contribution in [0.15, 0.2) is 11.4 Å². The van der Waals surface area contributed by atoms with Gasteiger partial charge in [0.1, 0.15) is 0 Å². The number of ether oxygens (including phenoxy) is 1. The van der Waals surface area contributed by atoms with Gasteiger partial charge in [-0.05, 0) is 56.7 Å². The molecule has 0 bridgehead atoms. The van der Waals surface area contributed by atoms with Gasteiger partial charge in [-0.15, -0.1) is 11.3 Å². The smallest absolute Gasteiger partial charge is 0.0797 e. The quantitative estimate of drug-likeness (QED) is 0.823. The molecule has 1 aromatic heterocycles. The first kappa shape index (κ1) is 12.1. The molecule has 1 aliphatic carbocycles. The summed E-state index contributed by atoms with van der Waals surface area (Å²) in [5, 5.41) is 5.67. The van der Waals surface area contributed by atoms with Gasteiger partial charge in [0.2, 0.25) is 0 Å². The van der Waals surface area contributed by atoms with E-state index >= 15 is 0 Å². The van der Waals surface area contributed by atoms with E-state index in [1.165, 1.54) is 23.3 Å². The molecule has 2 unspecified atom stereocenters. The second-order valence-electron chi connectivity index (χ2n) is 4.51. The lowest BCUT2D eigenvalue weighted by atomic mass is 10.0. The average molecular weight is 239 g/mol. The Morgan fingerprint density at radius 1 is 1.56 bits per heavy atom. The Bertz CT molecular complexity index is 332. The lowest BCUT2D eigenvalue weighted by molar-refractivity contribution is 0.0206. The van der Waals surface area contributed by atoms with Crippen molar-refractivity contribution in [3.63, 3.8) is 0 Å². The molecule has 0 radical (unpaired) electrons. The minimum Gasteiger partial charge on any atom is -0.376 e. The van der Waals surface area contributed by atoms with Crippen molar-refractivity contribution in [2.75, 3.05) is 13.7 Å². The molecular formula is C13H21NOS. The third kappa shape index (κ3) is 2.65. The number of hydrogen-bond acceptors (Lipinski definition) is 3. The zero-order chi connectivity index (χ0) is 11.5. The Hall–Kier alpha value is -0.380. The Kier molecular flexibility index (Phi) is 4.00. The third-order valence-electron chi connectivity index (χ3n) is 3.20. The van der Waals surface area contributed by atoms with Crippen LogP contribution in [0.4, 0.5) is 0 Å². The van der Waals surface area contributed by atoms with Crippen LogP contribution in [0.3, 0.4) is 0 Å². The van der Waals surface area contributed by atoms with Crippen LogP contribution in [0.25, 0.3) is 0 Å². The minimum atomic E-state index is 0.351. The molecule has 1 heterocycles. The van der Waals surface area contributed by atoms with Crippen LogP contribution in [0.1, 0.15) is 36.2 Å². The largest absolute Gasteiger partial charge is 0.376 e. The first-order valence-corrected chi connectivity index (χ1v) is 6.98. The minimum absolute atomic E-state index is 0.351. The summed E-state index contributed by atoms with van der Waals surface area (Å²) in [5.41, 5.74) is 1.38. The number of rotatable bonds is 6. The maximum atomic E-state index is 5.92. The summed E-state index contributed by atoms with van der Waals surface area (Å²) >= 11 is 1.82. The molecule has 0 saturated heterocycles. The lowest BCUT2D eigenvalue weighted by Crippen LogP contribution is -2.33. The number of nitrogens with one attached hydrogen (secondary N) is 1. The zero-order valence-corrected chi connectivity index (χ0v) is 11.1. The molecule has 0 aromatic carbocycles. The Morgan fingerprint density at radius 3 is 2.75 bits per heavy atom. The van der Waals surface area contributed by atoms with Gasteiger partial charge in [0.25, 0.3) is 0 Å². The summed E-state index contributed by atoms with van der Waals surface area (Å²) < 4.78 is 5.92. The number of hydrogen-bond donors (Lipinski definition) is 1. The van der Waals surface area contributed by atoms with Gasteiger partial charge in [0, 0.05) is 11.5 Å². The van der Waals surface area contributed by atoms with Crippen molar-refractivity contribution >= 4 is 11.3 Å². The van der Waals surface area contributed by atoms with Crippen LogP contribution in [0, 0.1) is 12.8 Å². The first-order chi connectivity index (χ1) is 7.76. The Balaban J connectivity index is 2.12. The van der Waals surface area contributed by atoms with Gasteiger partial charge < -0.3 is 10.1 Å². The van der Waals surface area contributed by atoms with Crippen molar-refractivity contribution in [3.8, 4) is 0 Å². The molecule has 1 aromatic rings. The van der Waals surface area contributed by atoms with Gasteiger partial charge in [-0.1, -0.05) is 0 Å². The third-order valence-corrected chi connectivity index (χ3v) is 4.07. The lowest BCUT2D eigenvalue weighted by Gasteiger charge is -2.26. The van der Waals surface area contributed by atoms with Crippen molar-refractivity contribution in [2.24, 2.45) is 5.92 Å². The normalized spacial score (nSPS) is 19.7. The number of thiophene rings is 1. The first-order valence-electron chi connectivity index (χ1n) is 6.10. The molecule has 2 atom stereocenters. The second-order valence-corrected chi connectivity index (χ2v) is 5.63. The van der Waals surface area contributed by atoms with E-state index in [-0.39, 0.29) is 0 Å². The molecule has 1 N–H and O–H groups in total. The van der Waals surface area contributed by atoms with Crippen LogP contribution >= 0.6 is 11.3 Å². The van der Waals surface area contributed by atoms with E-state index in [1.54, 1.807) is 0 Å². The van der Waals surface area contributed by atoms with Crippen molar-refractivity contribution in [1.29, 1.82) is 0 Å². The van der Waals surface area contributed by atoms with Gasteiger partial charge in [-0.25, -0.2) is 0 Å². The summed E-state index contributed by atoms with van der Waals surface area (Å²) in [6, 6.07) is 2.64. The molecule has 2 rings (SSSR count). The van der Waals surface area contributed by atoms with Crippen LogP contribution < -0.4 is 5.32 Å². The standard InChI is InChI=1S/C13H21NOS/c1-4-15-13(10-5-6-10)12(14-3)11-7-9(2)16-8-11/h7-8,10,12-14H,4-6H2,1-3H3. The second kappa shape index (κ2) is 5.30. The molecule has 1 aliphatic rings. The van der Waals surface area contributed by atoms with Gasteiger partial charge in [-0.3, -0.25) is 0 Å². The average Bonchev–Trinajstić information content (AvgIpc) is 3.02. The molecule has 3 heteroatoms. The maximum Gasteiger partial charge on any atom is 0.0797 e. The summed E-state index contributed by atoms with van der Waals surface area (Å²) in [6.07, 6.45) is 3.00.